The van der Waals surface area contributed by atoms with E-state index < -0.39 is 5.41 Å². The third kappa shape index (κ3) is 3.40. The van der Waals surface area contributed by atoms with Crippen LogP contribution in [-0.4, -0.2) is 43.9 Å². The molecular formula is C17H25N3O2. The Morgan fingerprint density at radius 3 is 2.14 bits per heavy atom. The summed E-state index contributed by atoms with van der Waals surface area (Å²) in [5.41, 5.74) is 0.716. The first-order valence-corrected chi connectivity index (χ1v) is 7.70. The Balaban J connectivity index is 2.04. The van der Waals surface area contributed by atoms with Crippen LogP contribution in [0.2, 0.25) is 0 Å². The lowest BCUT2D eigenvalue weighted by atomic mass is 9.90. The van der Waals surface area contributed by atoms with Crippen LogP contribution in [0.4, 0.5) is 11.4 Å². The number of nitrogens with one attached hydrogen (secondary N) is 1. The Kier molecular flexibility index (Phi) is 4.74. The Morgan fingerprint density at radius 1 is 1.09 bits per heavy atom. The number of hydrogen-bond acceptors (Lipinski definition) is 3. The van der Waals surface area contributed by atoms with E-state index in [1.54, 1.807) is 18.7 Å². The Labute approximate surface area is 132 Å². The van der Waals surface area contributed by atoms with Crippen LogP contribution >= 0.6 is 0 Å². The molecule has 1 aliphatic rings. The SMILES string of the molecule is CN(C)c1ccc(NC(=O)C(C)(C)C(=O)N2CCCC2)cc1. The van der Waals surface area contributed by atoms with Crippen LogP contribution in [0.1, 0.15) is 26.7 Å². The topological polar surface area (TPSA) is 52.7 Å². The van der Waals surface area contributed by atoms with Gasteiger partial charge in [0.15, 0.2) is 0 Å². The molecule has 5 nitrogen and oxygen atoms in total. The van der Waals surface area contributed by atoms with Gasteiger partial charge in [0.25, 0.3) is 0 Å². The van der Waals surface area contributed by atoms with Crippen molar-refractivity contribution in [2.75, 3.05) is 37.4 Å². The molecule has 2 amide bonds. The fourth-order valence-corrected chi connectivity index (χ4v) is 2.54. The molecule has 1 saturated heterocycles. The number of carbonyl (C=O) groups excluding carboxylic acids is 2. The van der Waals surface area contributed by atoms with E-state index in [9.17, 15) is 9.59 Å². The Bertz CT molecular complexity index is 544. The maximum atomic E-state index is 12.5. The predicted molar refractivity (Wildman–Crippen MR) is 89.0 cm³/mol. The van der Waals surface area contributed by atoms with Gasteiger partial charge in [0.2, 0.25) is 11.8 Å². The van der Waals surface area contributed by atoms with Gasteiger partial charge in [-0.2, -0.15) is 0 Å². The zero-order chi connectivity index (χ0) is 16.3. The van der Waals surface area contributed by atoms with Crippen LogP contribution in [0.15, 0.2) is 24.3 Å². The zero-order valence-electron chi connectivity index (χ0n) is 13.8. The highest BCUT2D eigenvalue weighted by atomic mass is 16.2. The molecule has 0 bridgehead atoms. The predicted octanol–water partition coefficient (Wildman–Crippen LogP) is 2.34. The van der Waals surface area contributed by atoms with Gasteiger partial charge in [-0.1, -0.05) is 0 Å². The summed E-state index contributed by atoms with van der Waals surface area (Å²) in [6.45, 7) is 4.90. The van der Waals surface area contributed by atoms with E-state index >= 15 is 0 Å². The van der Waals surface area contributed by atoms with Crippen molar-refractivity contribution >= 4 is 23.2 Å². The van der Waals surface area contributed by atoms with Crippen LogP contribution in [0.5, 0.6) is 0 Å². The molecule has 1 aromatic carbocycles. The molecule has 120 valence electrons. The highest BCUT2D eigenvalue weighted by Gasteiger charge is 2.39. The third-order valence-corrected chi connectivity index (χ3v) is 4.14. The van der Waals surface area contributed by atoms with Crippen LogP contribution in [0.3, 0.4) is 0 Å². The molecule has 0 aliphatic carbocycles. The summed E-state index contributed by atoms with van der Waals surface area (Å²) in [5, 5.41) is 2.85. The van der Waals surface area contributed by atoms with E-state index in [2.05, 4.69) is 5.32 Å². The average molecular weight is 303 g/mol. The minimum Gasteiger partial charge on any atom is -0.378 e. The second kappa shape index (κ2) is 6.38. The standard InChI is InChI=1S/C17H25N3O2/c1-17(2,16(22)20-11-5-6-12-20)15(21)18-13-7-9-14(10-8-13)19(3)4/h7-10H,5-6,11-12H2,1-4H3,(H,18,21). The normalized spacial score (nSPS) is 14.8. The molecule has 0 spiro atoms. The molecule has 0 radical (unpaired) electrons. The molecule has 2 rings (SSSR count). The monoisotopic (exact) mass is 303 g/mol. The number of benzene rings is 1. The quantitative estimate of drug-likeness (QED) is 0.869. The minimum absolute atomic E-state index is 0.0904. The number of nitrogens with zero attached hydrogens (tertiary/aromatic N) is 2. The van der Waals surface area contributed by atoms with E-state index in [0.717, 1.165) is 31.6 Å². The van der Waals surface area contributed by atoms with Crippen molar-refractivity contribution in [3.05, 3.63) is 24.3 Å². The molecule has 0 aromatic heterocycles. The Morgan fingerprint density at radius 2 is 1.64 bits per heavy atom. The van der Waals surface area contributed by atoms with Gasteiger partial charge in [0.05, 0.1) is 0 Å². The van der Waals surface area contributed by atoms with Gasteiger partial charge in [-0.3, -0.25) is 9.59 Å². The first kappa shape index (κ1) is 16.3. The molecule has 22 heavy (non-hydrogen) atoms. The van der Waals surface area contributed by atoms with Crippen molar-refractivity contribution in [1.82, 2.24) is 4.90 Å². The molecule has 1 aromatic rings. The highest BCUT2D eigenvalue weighted by molar-refractivity contribution is 6.09. The van der Waals surface area contributed by atoms with Crippen molar-refractivity contribution in [3.63, 3.8) is 0 Å². The second-order valence-corrected chi connectivity index (χ2v) is 6.52. The Hall–Kier alpha value is -2.04. The summed E-state index contributed by atoms with van der Waals surface area (Å²) in [5.74, 6) is -0.352. The molecule has 1 aliphatic heterocycles. The summed E-state index contributed by atoms with van der Waals surface area (Å²) < 4.78 is 0. The second-order valence-electron chi connectivity index (χ2n) is 6.52. The first-order chi connectivity index (χ1) is 10.3. The number of likely N-dealkylation sites (tertiary alicyclic amines) is 1. The van der Waals surface area contributed by atoms with Crippen molar-refractivity contribution < 1.29 is 9.59 Å². The molecule has 1 heterocycles. The number of carbonyl (C=O) groups is 2. The smallest absolute Gasteiger partial charge is 0.239 e. The largest absolute Gasteiger partial charge is 0.378 e. The van der Waals surface area contributed by atoms with Gasteiger partial charge in [-0.15, -0.1) is 0 Å². The summed E-state index contributed by atoms with van der Waals surface area (Å²) in [6.07, 6.45) is 2.05. The van der Waals surface area contributed by atoms with Gasteiger partial charge in [0, 0.05) is 38.6 Å². The van der Waals surface area contributed by atoms with Gasteiger partial charge < -0.3 is 15.1 Å². The average Bonchev–Trinajstić information content (AvgIpc) is 3.00. The van der Waals surface area contributed by atoms with Crippen LogP contribution in [-0.2, 0) is 9.59 Å². The molecule has 0 unspecified atom stereocenters. The van der Waals surface area contributed by atoms with Gasteiger partial charge in [-0.05, 0) is 51.0 Å². The zero-order valence-corrected chi connectivity index (χ0v) is 13.8. The number of amides is 2. The summed E-state index contributed by atoms with van der Waals surface area (Å²) in [6, 6.07) is 7.57. The van der Waals surface area contributed by atoms with E-state index in [-0.39, 0.29) is 11.8 Å². The maximum Gasteiger partial charge on any atom is 0.239 e. The number of rotatable bonds is 4. The van der Waals surface area contributed by atoms with E-state index in [1.807, 2.05) is 43.3 Å². The lowest BCUT2D eigenvalue weighted by molar-refractivity contribution is -0.145. The van der Waals surface area contributed by atoms with Gasteiger partial charge in [-0.25, -0.2) is 0 Å². The lowest BCUT2D eigenvalue weighted by Gasteiger charge is -2.28. The summed E-state index contributed by atoms with van der Waals surface area (Å²) in [7, 11) is 3.93. The summed E-state index contributed by atoms with van der Waals surface area (Å²) in [4.78, 5) is 28.8. The molecule has 0 saturated carbocycles. The minimum atomic E-state index is -1.05. The van der Waals surface area contributed by atoms with Crippen LogP contribution in [0, 0.1) is 5.41 Å². The fraction of sp³-hybridized carbons (Fsp3) is 0.529. The lowest BCUT2D eigenvalue weighted by Crippen LogP contribution is -2.46. The van der Waals surface area contributed by atoms with Crippen molar-refractivity contribution in [3.8, 4) is 0 Å². The molecule has 1 fully saturated rings. The molecule has 0 atom stereocenters. The first-order valence-electron chi connectivity index (χ1n) is 7.70. The molecule has 1 N–H and O–H groups in total. The molecule has 5 heteroatoms. The number of hydrogen-bond donors (Lipinski definition) is 1. The van der Waals surface area contributed by atoms with Crippen molar-refractivity contribution in [2.24, 2.45) is 5.41 Å². The maximum absolute atomic E-state index is 12.5. The fourth-order valence-electron chi connectivity index (χ4n) is 2.54. The van der Waals surface area contributed by atoms with Crippen LogP contribution < -0.4 is 10.2 Å². The summed E-state index contributed by atoms with van der Waals surface area (Å²) >= 11 is 0. The third-order valence-electron chi connectivity index (χ3n) is 4.14. The van der Waals surface area contributed by atoms with Gasteiger partial charge >= 0.3 is 0 Å². The highest BCUT2D eigenvalue weighted by Crippen LogP contribution is 2.25. The van der Waals surface area contributed by atoms with Crippen LogP contribution in [0.25, 0.3) is 0 Å². The van der Waals surface area contributed by atoms with E-state index in [0.29, 0.717) is 5.69 Å². The van der Waals surface area contributed by atoms with Crippen molar-refractivity contribution in [2.45, 2.75) is 26.7 Å². The molecular weight excluding hydrogens is 278 g/mol. The van der Waals surface area contributed by atoms with Gasteiger partial charge in [0.1, 0.15) is 5.41 Å². The van der Waals surface area contributed by atoms with E-state index in [4.69, 9.17) is 0 Å². The number of anilines is 2. The van der Waals surface area contributed by atoms with E-state index in [1.165, 1.54) is 0 Å². The van der Waals surface area contributed by atoms with Crippen molar-refractivity contribution in [1.29, 1.82) is 0 Å².